The lowest BCUT2D eigenvalue weighted by Crippen LogP contribution is -2.03. The van der Waals surface area contributed by atoms with Crippen molar-refractivity contribution in [3.63, 3.8) is 0 Å². The number of aromatic hydroxyl groups is 1. The monoisotopic (exact) mass is 247 g/mol. The fourth-order valence-electron chi connectivity index (χ4n) is 1.49. The molecule has 17 heavy (non-hydrogen) atoms. The minimum atomic E-state index is -0.0558. The van der Waals surface area contributed by atoms with E-state index in [1.807, 2.05) is 0 Å². The number of hydrogen-bond acceptors (Lipinski definition) is 3. The summed E-state index contributed by atoms with van der Waals surface area (Å²) in [7, 11) is 0. The molecule has 0 saturated carbocycles. The summed E-state index contributed by atoms with van der Waals surface area (Å²) in [5, 5.41) is 9.65. The summed E-state index contributed by atoms with van der Waals surface area (Å²) in [6.45, 7) is 0. The summed E-state index contributed by atoms with van der Waals surface area (Å²) in [6.07, 6.45) is 1.69. The number of benzene rings is 1. The second-order valence-electron chi connectivity index (χ2n) is 3.64. The van der Waals surface area contributed by atoms with Gasteiger partial charge in [-0.3, -0.25) is 4.79 Å². The van der Waals surface area contributed by atoms with Crippen molar-refractivity contribution in [3.8, 4) is 5.75 Å². The molecule has 0 aliphatic heterocycles. The van der Waals surface area contributed by atoms with Crippen molar-refractivity contribution < 1.29 is 9.90 Å². The zero-order valence-corrected chi connectivity index (χ0v) is 9.69. The predicted molar refractivity (Wildman–Crippen MR) is 65.4 cm³/mol. The van der Waals surface area contributed by atoms with Gasteiger partial charge in [0, 0.05) is 18.2 Å². The second-order valence-corrected chi connectivity index (χ2v) is 4.03. The Balaban J connectivity index is 2.14. The van der Waals surface area contributed by atoms with Crippen LogP contribution in [0.4, 0.5) is 0 Å². The molecule has 4 heteroatoms. The van der Waals surface area contributed by atoms with E-state index in [1.165, 1.54) is 6.20 Å². The minimum absolute atomic E-state index is 0.0558. The van der Waals surface area contributed by atoms with E-state index in [4.69, 9.17) is 11.6 Å². The number of carbonyl (C=O) groups excluding carboxylic acids is 1. The van der Waals surface area contributed by atoms with Crippen LogP contribution in [0.2, 0.25) is 5.15 Å². The van der Waals surface area contributed by atoms with E-state index in [0.717, 1.165) is 5.56 Å². The highest BCUT2D eigenvalue weighted by Gasteiger charge is 2.07. The molecule has 1 aromatic carbocycles. The van der Waals surface area contributed by atoms with E-state index < -0.39 is 0 Å². The van der Waals surface area contributed by atoms with Gasteiger partial charge in [-0.15, -0.1) is 0 Å². The lowest BCUT2D eigenvalue weighted by atomic mass is 10.0. The number of hydrogen-bond donors (Lipinski definition) is 1. The molecule has 2 aromatic rings. The minimum Gasteiger partial charge on any atom is -0.508 e. The molecule has 0 atom stereocenters. The highest BCUT2D eigenvalue weighted by molar-refractivity contribution is 6.29. The number of phenolic OH excluding ortho intramolecular Hbond substituents is 1. The normalized spacial score (nSPS) is 10.2. The van der Waals surface area contributed by atoms with Crippen molar-refractivity contribution in [1.29, 1.82) is 0 Å². The molecule has 0 bridgehead atoms. The Morgan fingerprint density at radius 1 is 1.29 bits per heavy atom. The van der Waals surface area contributed by atoms with Crippen LogP contribution in [0.15, 0.2) is 42.6 Å². The Labute approximate surface area is 104 Å². The van der Waals surface area contributed by atoms with E-state index >= 15 is 0 Å². The van der Waals surface area contributed by atoms with Crippen molar-refractivity contribution in [2.75, 3.05) is 0 Å². The van der Waals surface area contributed by atoms with Gasteiger partial charge in [-0.25, -0.2) is 4.98 Å². The molecule has 3 nitrogen and oxygen atoms in total. The van der Waals surface area contributed by atoms with Gasteiger partial charge in [0.05, 0.1) is 0 Å². The van der Waals surface area contributed by atoms with Crippen LogP contribution < -0.4 is 0 Å². The van der Waals surface area contributed by atoms with Crippen LogP contribution in [0.5, 0.6) is 5.75 Å². The second kappa shape index (κ2) is 4.97. The van der Waals surface area contributed by atoms with Crippen molar-refractivity contribution in [2.45, 2.75) is 6.42 Å². The Morgan fingerprint density at radius 3 is 2.76 bits per heavy atom. The summed E-state index contributed by atoms with van der Waals surface area (Å²) < 4.78 is 0. The molecule has 1 heterocycles. The van der Waals surface area contributed by atoms with Crippen LogP contribution >= 0.6 is 11.6 Å². The largest absolute Gasteiger partial charge is 0.508 e. The molecule has 0 spiro atoms. The number of aromatic nitrogens is 1. The number of rotatable bonds is 3. The fourth-order valence-corrected chi connectivity index (χ4v) is 1.61. The van der Waals surface area contributed by atoms with Gasteiger partial charge in [0.15, 0.2) is 5.78 Å². The molecule has 0 aliphatic rings. The SMILES string of the molecule is O=C(Cc1cccc(O)c1)c1ccc(Cl)nc1. The Hall–Kier alpha value is -1.87. The maximum atomic E-state index is 11.9. The zero-order valence-electron chi connectivity index (χ0n) is 8.93. The molecule has 2 rings (SSSR count). The van der Waals surface area contributed by atoms with Gasteiger partial charge < -0.3 is 5.11 Å². The zero-order chi connectivity index (χ0) is 12.3. The van der Waals surface area contributed by atoms with Crippen LogP contribution in [0.1, 0.15) is 15.9 Å². The van der Waals surface area contributed by atoms with Gasteiger partial charge in [-0.05, 0) is 29.8 Å². The summed E-state index contributed by atoms with van der Waals surface area (Å²) in [4.78, 5) is 15.7. The highest BCUT2D eigenvalue weighted by atomic mass is 35.5. The first-order chi connectivity index (χ1) is 8.15. The average molecular weight is 248 g/mol. The Morgan fingerprint density at radius 2 is 2.12 bits per heavy atom. The molecule has 1 aromatic heterocycles. The van der Waals surface area contributed by atoms with Crippen molar-refractivity contribution in [3.05, 3.63) is 58.9 Å². The first-order valence-corrected chi connectivity index (χ1v) is 5.45. The van der Waals surface area contributed by atoms with Gasteiger partial charge in [0.2, 0.25) is 0 Å². The first-order valence-electron chi connectivity index (χ1n) is 5.08. The quantitative estimate of drug-likeness (QED) is 0.670. The molecule has 0 fully saturated rings. The van der Waals surface area contributed by atoms with Gasteiger partial charge in [0.1, 0.15) is 10.9 Å². The van der Waals surface area contributed by atoms with E-state index in [1.54, 1.807) is 36.4 Å². The van der Waals surface area contributed by atoms with E-state index in [-0.39, 0.29) is 18.0 Å². The number of carbonyl (C=O) groups is 1. The molecule has 86 valence electrons. The first kappa shape index (κ1) is 11.6. The molecular formula is C13H10ClNO2. The standard InChI is InChI=1S/C13H10ClNO2/c14-13-5-4-10(8-15-13)12(17)7-9-2-1-3-11(16)6-9/h1-6,8,16H,7H2. The van der Waals surface area contributed by atoms with E-state index in [9.17, 15) is 9.90 Å². The lowest BCUT2D eigenvalue weighted by molar-refractivity contribution is 0.0992. The predicted octanol–water partition coefficient (Wildman–Crippen LogP) is 2.87. The molecule has 0 saturated heterocycles. The van der Waals surface area contributed by atoms with Gasteiger partial charge in [0.25, 0.3) is 0 Å². The van der Waals surface area contributed by atoms with Gasteiger partial charge >= 0.3 is 0 Å². The number of pyridine rings is 1. The van der Waals surface area contributed by atoms with Crippen LogP contribution in [-0.2, 0) is 6.42 Å². The van der Waals surface area contributed by atoms with Crippen LogP contribution in [0.25, 0.3) is 0 Å². The fraction of sp³-hybridized carbons (Fsp3) is 0.0769. The molecule has 0 amide bonds. The average Bonchev–Trinajstić information content (AvgIpc) is 2.29. The van der Waals surface area contributed by atoms with Gasteiger partial charge in [-0.1, -0.05) is 23.7 Å². The highest BCUT2D eigenvalue weighted by Crippen LogP contribution is 2.14. The molecule has 0 radical (unpaired) electrons. The summed E-state index contributed by atoms with van der Waals surface area (Å²) in [6, 6.07) is 9.86. The summed E-state index contributed by atoms with van der Waals surface area (Å²) >= 11 is 5.64. The van der Waals surface area contributed by atoms with Crippen molar-refractivity contribution in [2.24, 2.45) is 0 Å². The Bertz CT molecular complexity index is 537. The molecule has 0 unspecified atom stereocenters. The summed E-state index contributed by atoms with van der Waals surface area (Å²) in [5.74, 6) is 0.101. The third kappa shape index (κ3) is 3.04. The van der Waals surface area contributed by atoms with Crippen molar-refractivity contribution >= 4 is 17.4 Å². The number of halogens is 1. The third-order valence-electron chi connectivity index (χ3n) is 2.32. The number of nitrogens with zero attached hydrogens (tertiary/aromatic N) is 1. The number of ketones is 1. The molecular weight excluding hydrogens is 238 g/mol. The maximum absolute atomic E-state index is 11.9. The van der Waals surface area contributed by atoms with Crippen LogP contribution in [0.3, 0.4) is 0 Å². The van der Waals surface area contributed by atoms with E-state index in [0.29, 0.717) is 10.7 Å². The number of Topliss-reactive ketones (excluding diaryl/α,β-unsaturated/α-hetero) is 1. The van der Waals surface area contributed by atoms with Gasteiger partial charge in [-0.2, -0.15) is 0 Å². The smallest absolute Gasteiger partial charge is 0.168 e. The number of phenols is 1. The Kier molecular flexibility index (Phi) is 3.40. The topological polar surface area (TPSA) is 50.2 Å². The van der Waals surface area contributed by atoms with Crippen molar-refractivity contribution in [1.82, 2.24) is 4.98 Å². The lowest BCUT2D eigenvalue weighted by Gasteiger charge is -2.02. The maximum Gasteiger partial charge on any atom is 0.168 e. The molecule has 0 aliphatic carbocycles. The van der Waals surface area contributed by atoms with Crippen LogP contribution in [-0.4, -0.2) is 15.9 Å². The van der Waals surface area contributed by atoms with E-state index in [2.05, 4.69) is 4.98 Å². The van der Waals surface area contributed by atoms with Crippen LogP contribution in [0, 0.1) is 0 Å². The summed E-state index contributed by atoms with van der Waals surface area (Å²) in [5.41, 5.74) is 1.28. The third-order valence-corrected chi connectivity index (χ3v) is 2.55. The molecule has 1 N–H and O–H groups in total.